The predicted octanol–water partition coefficient (Wildman–Crippen LogP) is 1.08. The lowest BCUT2D eigenvalue weighted by atomic mass is 10.0. The number of hydrogen-bond donors (Lipinski definition) is 2. The molecule has 7 heteroatoms. The van der Waals surface area contributed by atoms with Crippen LogP contribution in [0.3, 0.4) is 0 Å². The molecule has 0 aliphatic carbocycles. The third-order valence-electron chi connectivity index (χ3n) is 2.84. The Morgan fingerprint density at radius 1 is 1.45 bits per heavy atom. The summed E-state index contributed by atoms with van der Waals surface area (Å²) in [5, 5.41) is 11.5. The van der Waals surface area contributed by atoms with Gasteiger partial charge in [-0.05, 0) is 17.7 Å². The number of rotatable bonds is 5. The van der Waals surface area contributed by atoms with Crippen molar-refractivity contribution in [2.24, 2.45) is 0 Å². The zero-order valence-corrected chi connectivity index (χ0v) is 11.1. The standard InChI is InChI=1S/C13H15NO6/c1-7(15)14-9(5-12(16)17)8-3-10(18-2)13-11(4-8)19-6-20-13/h3-4,9H,5-6H2,1-2H3,(H,14,15)(H,16,17). The molecule has 7 nitrogen and oxygen atoms in total. The van der Waals surface area contributed by atoms with Gasteiger partial charge in [-0.15, -0.1) is 0 Å². The van der Waals surface area contributed by atoms with E-state index in [1.807, 2.05) is 0 Å². The smallest absolute Gasteiger partial charge is 0.305 e. The molecule has 2 rings (SSSR count). The van der Waals surface area contributed by atoms with Crippen LogP contribution >= 0.6 is 0 Å². The van der Waals surface area contributed by atoms with Crippen LogP contribution in [-0.2, 0) is 9.59 Å². The molecule has 0 aromatic heterocycles. The van der Waals surface area contributed by atoms with Crippen molar-refractivity contribution in [3.8, 4) is 17.2 Å². The van der Waals surface area contributed by atoms with Crippen LogP contribution in [0.25, 0.3) is 0 Å². The third-order valence-corrected chi connectivity index (χ3v) is 2.84. The molecule has 1 heterocycles. The summed E-state index contributed by atoms with van der Waals surface area (Å²) in [4.78, 5) is 22.1. The highest BCUT2D eigenvalue weighted by Crippen LogP contribution is 2.43. The first-order valence-electron chi connectivity index (χ1n) is 5.97. The van der Waals surface area contributed by atoms with Crippen LogP contribution < -0.4 is 19.5 Å². The van der Waals surface area contributed by atoms with E-state index in [0.29, 0.717) is 22.8 Å². The molecule has 1 amide bonds. The minimum atomic E-state index is -1.01. The highest BCUT2D eigenvalue weighted by molar-refractivity contribution is 5.75. The zero-order chi connectivity index (χ0) is 14.7. The van der Waals surface area contributed by atoms with Crippen LogP contribution in [-0.4, -0.2) is 30.9 Å². The number of nitrogens with one attached hydrogen (secondary N) is 1. The van der Waals surface area contributed by atoms with Gasteiger partial charge < -0.3 is 24.6 Å². The van der Waals surface area contributed by atoms with E-state index in [0.717, 1.165) is 0 Å². The summed E-state index contributed by atoms with van der Waals surface area (Å²) in [5.74, 6) is 0.0669. The number of benzene rings is 1. The highest BCUT2D eigenvalue weighted by Gasteiger charge is 2.24. The lowest BCUT2D eigenvalue weighted by Crippen LogP contribution is -2.28. The second-order valence-corrected chi connectivity index (χ2v) is 4.31. The van der Waals surface area contributed by atoms with E-state index in [1.54, 1.807) is 12.1 Å². The fraction of sp³-hybridized carbons (Fsp3) is 0.385. The predicted molar refractivity (Wildman–Crippen MR) is 67.9 cm³/mol. The monoisotopic (exact) mass is 281 g/mol. The summed E-state index contributed by atoms with van der Waals surface area (Å²) in [7, 11) is 1.48. The lowest BCUT2D eigenvalue weighted by Gasteiger charge is -2.18. The number of fused-ring (bicyclic) bond motifs is 1. The van der Waals surface area contributed by atoms with Crippen molar-refractivity contribution in [1.29, 1.82) is 0 Å². The number of ether oxygens (including phenoxy) is 3. The van der Waals surface area contributed by atoms with Gasteiger partial charge in [0, 0.05) is 6.92 Å². The summed E-state index contributed by atoms with van der Waals surface area (Å²) < 4.78 is 15.7. The lowest BCUT2D eigenvalue weighted by molar-refractivity contribution is -0.137. The highest BCUT2D eigenvalue weighted by atomic mass is 16.7. The van der Waals surface area contributed by atoms with Crippen LogP contribution in [0.4, 0.5) is 0 Å². The molecule has 0 spiro atoms. The van der Waals surface area contributed by atoms with Gasteiger partial charge in [-0.1, -0.05) is 0 Å². The largest absolute Gasteiger partial charge is 0.493 e. The molecule has 0 saturated carbocycles. The Bertz CT molecular complexity index is 526. The molecule has 0 radical (unpaired) electrons. The number of carboxylic acids is 1. The maximum absolute atomic E-state index is 11.2. The Morgan fingerprint density at radius 3 is 2.80 bits per heavy atom. The molecule has 1 unspecified atom stereocenters. The molecular formula is C13H15NO6. The number of carbonyl (C=O) groups is 2. The normalized spacial score (nSPS) is 13.7. The first kappa shape index (κ1) is 14.0. The van der Waals surface area contributed by atoms with Gasteiger partial charge >= 0.3 is 5.97 Å². The molecule has 108 valence electrons. The number of carboxylic acid groups (broad SMARTS) is 1. The van der Waals surface area contributed by atoms with E-state index in [9.17, 15) is 9.59 Å². The molecule has 1 atom stereocenters. The molecule has 0 saturated heterocycles. The van der Waals surface area contributed by atoms with Crippen LogP contribution in [0.1, 0.15) is 24.9 Å². The van der Waals surface area contributed by atoms with Crippen molar-refractivity contribution in [3.05, 3.63) is 17.7 Å². The number of aliphatic carboxylic acids is 1. The second-order valence-electron chi connectivity index (χ2n) is 4.31. The quantitative estimate of drug-likeness (QED) is 0.838. The zero-order valence-electron chi connectivity index (χ0n) is 11.1. The Hall–Kier alpha value is -2.44. The van der Waals surface area contributed by atoms with E-state index in [-0.39, 0.29) is 19.1 Å². The van der Waals surface area contributed by atoms with Crippen molar-refractivity contribution in [2.45, 2.75) is 19.4 Å². The maximum atomic E-state index is 11.2. The van der Waals surface area contributed by atoms with Crippen LogP contribution in [0, 0.1) is 0 Å². The van der Waals surface area contributed by atoms with Crippen LogP contribution in [0.2, 0.25) is 0 Å². The van der Waals surface area contributed by atoms with Gasteiger partial charge in [-0.25, -0.2) is 0 Å². The summed E-state index contributed by atoms with van der Waals surface area (Å²) >= 11 is 0. The fourth-order valence-electron chi connectivity index (χ4n) is 2.02. The molecule has 1 aliphatic rings. The topological polar surface area (TPSA) is 94.1 Å². The average molecular weight is 281 g/mol. The Kier molecular flexibility index (Phi) is 3.97. The van der Waals surface area contributed by atoms with Gasteiger partial charge in [-0.2, -0.15) is 0 Å². The molecular weight excluding hydrogens is 266 g/mol. The van der Waals surface area contributed by atoms with Crippen LogP contribution in [0.15, 0.2) is 12.1 Å². The van der Waals surface area contributed by atoms with E-state index in [4.69, 9.17) is 19.3 Å². The molecule has 0 bridgehead atoms. The molecule has 20 heavy (non-hydrogen) atoms. The molecule has 2 N–H and O–H groups in total. The number of amides is 1. The number of carbonyl (C=O) groups excluding carboxylic acids is 1. The van der Waals surface area contributed by atoms with Crippen molar-refractivity contribution < 1.29 is 28.9 Å². The van der Waals surface area contributed by atoms with E-state index >= 15 is 0 Å². The average Bonchev–Trinajstić information content (AvgIpc) is 2.83. The van der Waals surface area contributed by atoms with Crippen molar-refractivity contribution in [1.82, 2.24) is 5.32 Å². The number of methoxy groups -OCH3 is 1. The summed E-state index contributed by atoms with van der Waals surface area (Å²) in [5.41, 5.74) is 0.587. The Balaban J connectivity index is 2.37. The Labute approximate surface area is 115 Å². The van der Waals surface area contributed by atoms with E-state index in [1.165, 1.54) is 14.0 Å². The van der Waals surface area contributed by atoms with Crippen LogP contribution in [0.5, 0.6) is 17.2 Å². The Morgan fingerprint density at radius 2 is 2.20 bits per heavy atom. The molecule has 0 fully saturated rings. The summed E-state index contributed by atoms with van der Waals surface area (Å²) in [6.07, 6.45) is -0.234. The third kappa shape index (κ3) is 2.93. The minimum Gasteiger partial charge on any atom is -0.493 e. The molecule has 1 aliphatic heterocycles. The van der Waals surface area contributed by atoms with E-state index in [2.05, 4.69) is 5.32 Å². The van der Waals surface area contributed by atoms with E-state index < -0.39 is 12.0 Å². The van der Waals surface area contributed by atoms with Crippen molar-refractivity contribution >= 4 is 11.9 Å². The maximum Gasteiger partial charge on any atom is 0.305 e. The number of hydrogen-bond acceptors (Lipinski definition) is 5. The van der Waals surface area contributed by atoms with Gasteiger partial charge in [-0.3, -0.25) is 9.59 Å². The van der Waals surface area contributed by atoms with Gasteiger partial charge in [0.25, 0.3) is 0 Å². The van der Waals surface area contributed by atoms with Gasteiger partial charge in [0.2, 0.25) is 18.4 Å². The van der Waals surface area contributed by atoms with Gasteiger partial charge in [0.15, 0.2) is 11.5 Å². The van der Waals surface area contributed by atoms with Crippen molar-refractivity contribution in [2.75, 3.05) is 13.9 Å². The molecule has 1 aromatic rings. The van der Waals surface area contributed by atoms with Crippen molar-refractivity contribution in [3.63, 3.8) is 0 Å². The fourth-order valence-corrected chi connectivity index (χ4v) is 2.02. The van der Waals surface area contributed by atoms with Gasteiger partial charge in [0.05, 0.1) is 19.6 Å². The second kappa shape index (κ2) is 5.68. The first-order valence-corrected chi connectivity index (χ1v) is 5.97. The first-order chi connectivity index (χ1) is 9.51. The SMILES string of the molecule is COc1cc(C(CC(=O)O)NC(C)=O)cc2c1OCO2. The molecule has 1 aromatic carbocycles. The summed E-state index contributed by atoms with van der Waals surface area (Å²) in [6.45, 7) is 1.41. The summed E-state index contributed by atoms with van der Waals surface area (Å²) in [6, 6.07) is 2.62. The minimum absolute atomic E-state index is 0.0822. The van der Waals surface area contributed by atoms with Gasteiger partial charge in [0.1, 0.15) is 0 Å².